The van der Waals surface area contributed by atoms with Crippen molar-refractivity contribution in [3.8, 4) is 0 Å². The molecule has 23 heavy (non-hydrogen) atoms. The van der Waals surface area contributed by atoms with E-state index in [9.17, 15) is 0 Å². The van der Waals surface area contributed by atoms with E-state index in [-0.39, 0.29) is 0 Å². The van der Waals surface area contributed by atoms with E-state index in [1.54, 1.807) is 0 Å². The first-order valence-electron chi connectivity index (χ1n) is 7.84. The van der Waals surface area contributed by atoms with Crippen LogP contribution < -0.4 is 10.6 Å². The molecule has 0 saturated heterocycles. The van der Waals surface area contributed by atoms with Crippen LogP contribution in [-0.2, 0) is 6.42 Å². The monoisotopic (exact) mass is 346 g/mol. The summed E-state index contributed by atoms with van der Waals surface area (Å²) in [5.74, 6) is 0. The smallest absolute Gasteiger partial charge is 0.171 e. The Morgan fingerprint density at radius 1 is 1.17 bits per heavy atom. The molecular weight excluding hydrogens is 324 g/mol. The van der Waals surface area contributed by atoms with Crippen molar-refractivity contribution in [2.24, 2.45) is 0 Å². The summed E-state index contributed by atoms with van der Waals surface area (Å²) in [7, 11) is 0. The van der Waals surface area contributed by atoms with Crippen LogP contribution in [0.3, 0.4) is 0 Å². The van der Waals surface area contributed by atoms with Gasteiger partial charge in [-0.15, -0.1) is 0 Å². The fourth-order valence-electron chi connectivity index (χ4n) is 2.55. The summed E-state index contributed by atoms with van der Waals surface area (Å²) in [5.41, 5.74) is 4.46. The van der Waals surface area contributed by atoms with Gasteiger partial charge in [0.05, 0.1) is 10.7 Å². The van der Waals surface area contributed by atoms with Crippen molar-refractivity contribution in [3.05, 3.63) is 64.2 Å². The third kappa shape index (κ3) is 5.52. The molecule has 2 aromatic carbocycles. The van der Waals surface area contributed by atoms with Gasteiger partial charge in [-0.2, -0.15) is 0 Å². The molecule has 0 aromatic heterocycles. The van der Waals surface area contributed by atoms with Crippen molar-refractivity contribution >= 4 is 34.6 Å². The molecule has 2 N–H and O–H groups in total. The van der Waals surface area contributed by atoms with Crippen LogP contribution in [0.15, 0.2) is 42.5 Å². The molecule has 0 amide bonds. The number of aryl methyl sites for hydroxylation is 3. The highest BCUT2D eigenvalue weighted by Gasteiger charge is 2.09. The molecule has 1 atom stereocenters. The van der Waals surface area contributed by atoms with Crippen LogP contribution in [0.1, 0.15) is 30.0 Å². The number of benzene rings is 2. The average molecular weight is 347 g/mol. The molecule has 0 aliphatic heterocycles. The molecule has 0 saturated carbocycles. The fraction of sp³-hybridized carbons (Fsp3) is 0.316. The molecule has 2 rings (SSSR count). The maximum Gasteiger partial charge on any atom is 0.171 e. The molecule has 0 fully saturated rings. The molecule has 0 radical (unpaired) electrons. The maximum atomic E-state index is 6.31. The molecule has 0 heterocycles. The van der Waals surface area contributed by atoms with Crippen molar-refractivity contribution in [2.45, 2.75) is 39.7 Å². The zero-order valence-corrected chi connectivity index (χ0v) is 15.4. The quantitative estimate of drug-likeness (QED) is 0.721. The molecule has 0 aliphatic carbocycles. The third-order valence-corrected chi connectivity index (χ3v) is 4.27. The van der Waals surface area contributed by atoms with E-state index in [1.165, 1.54) is 5.56 Å². The Kier molecular flexibility index (Phi) is 6.43. The Balaban J connectivity index is 1.87. The van der Waals surface area contributed by atoms with Gasteiger partial charge in [0.1, 0.15) is 0 Å². The lowest BCUT2D eigenvalue weighted by atomic mass is 10.1. The summed E-state index contributed by atoms with van der Waals surface area (Å²) < 4.78 is 0. The highest BCUT2D eigenvalue weighted by Crippen LogP contribution is 2.27. The minimum Gasteiger partial charge on any atom is -0.360 e. The van der Waals surface area contributed by atoms with E-state index >= 15 is 0 Å². The number of hydrogen-bond donors (Lipinski definition) is 2. The van der Waals surface area contributed by atoms with Gasteiger partial charge in [-0.25, -0.2) is 0 Å². The molecule has 0 spiro atoms. The number of nitrogens with one attached hydrogen (secondary N) is 2. The molecule has 2 aromatic rings. The SMILES string of the molecule is Cc1cc(C)c(NC(=S)N[C@@H](C)CCc2ccccc2)c(Cl)c1. The fourth-order valence-corrected chi connectivity index (χ4v) is 3.22. The largest absolute Gasteiger partial charge is 0.360 e. The highest BCUT2D eigenvalue weighted by molar-refractivity contribution is 7.80. The highest BCUT2D eigenvalue weighted by atomic mass is 35.5. The van der Waals surface area contributed by atoms with Crippen LogP contribution in [0, 0.1) is 13.8 Å². The van der Waals surface area contributed by atoms with Gasteiger partial charge in [-0.1, -0.05) is 48.0 Å². The van der Waals surface area contributed by atoms with Gasteiger partial charge in [0.15, 0.2) is 5.11 Å². The first-order valence-corrected chi connectivity index (χ1v) is 8.62. The number of rotatable bonds is 5. The van der Waals surface area contributed by atoms with Gasteiger partial charge in [0.25, 0.3) is 0 Å². The number of anilines is 1. The van der Waals surface area contributed by atoms with Crippen LogP contribution in [-0.4, -0.2) is 11.2 Å². The van der Waals surface area contributed by atoms with Crippen molar-refractivity contribution in [3.63, 3.8) is 0 Å². The Bertz CT molecular complexity index is 647. The van der Waals surface area contributed by atoms with Gasteiger partial charge in [-0.3, -0.25) is 0 Å². The first-order chi connectivity index (χ1) is 11.0. The number of halogens is 1. The summed E-state index contributed by atoms with van der Waals surface area (Å²) >= 11 is 11.7. The van der Waals surface area contributed by atoms with Crippen molar-refractivity contribution < 1.29 is 0 Å². The van der Waals surface area contributed by atoms with Gasteiger partial charge in [0, 0.05) is 6.04 Å². The normalized spacial score (nSPS) is 11.8. The summed E-state index contributed by atoms with van der Waals surface area (Å²) in [4.78, 5) is 0. The lowest BCUT2D eigenvalue weighted by Gasteiger charge is -2.19. The van der Waals surface area contributed by atoms with Crippen molar-refractivity contribution in [1.29, 1.82) is 0 Å². The van der Waals surface area contributed by atoms with E-state index in [0.717, 1.165) is 29.7 Å². The summed E-state index contributed by atoms with van der Waals surface area (Å²) in [6.45, 7) is 6.20. The average Bonchev–Trinajstić information content (AvgIpc) is 2.50. The first kappa shape index (κ1) is 17.8. The standard InChI is InChI=1S/C19H23ClN2S/c1-13-11-14(2)18(17(20)12-13)22-19(23)21-15(3)9-10-16-7-5-4-6-8-16/h4-8,11-12,15H,9-10H2,1-3H3,(H2,21,22,23)/t15-/m0/s1. The van der Waals surface area contributed by atoms with Gasteiger partial charge < -0.3 is 10.6 Å². The van der Waals surface area contributed by atoms with Crippen LogP contribution in [0.25, 0.3) is 0 Å². The minimum atomic E-state index is 0.291. The van der Waals surface area contributed by atoms with E-state index in [1.807, 2.05) is 26.0 Å². The Morgan fingerprint density at radius 2 is 1.87 bits per heavy atom. The Morgan fingerprint density at radius 3 is 2.52 bits per heavy atom. The molecule has 0 aliphatic rings. The second-order valence-electron chi connectivity index (χ2n) is 5.96. The second kappa shape index (κ2) is 8.32. The topological polar surface area (TPSA) is 24.1 Å². The lowest BCUT2D eigenvalue weighted by molar-refractivity contribution is 0.609. The summed E-state index contributed by atoms with van der Waals surface area (Å²) in [6, 6.07) is 14.8. The molecular formula is C19H23ClN2S. The van der Waals surface area contributed by atoms with Crippen LogP contribution in [0.5, 0.6) is 0 Å². The van der Waals surface area contributed by atoms with Crippen LogP contribution >= 0.6 is 23.8 Å². The molecule has 4 heteroatoms. The predicted octanol–water partition coefficient (Wildman–Crippen LogP) is 5.26. The van der Waals surface area contributed by atoms with E-state index in [2.05, 4.69) is 47.9 Å². The van der Waals surface area contributed by atoms with Crippen molar-refractivity contribution in [2.75, 3.05) is 5.32 Å². The van der Waals surface area contributed by atoms with Gasteiger partial charge in [-0.05, 0) is 68.6 Å². The Labute approximate surface area is 149 Å². The predicted molar refractivity (Wildman–Crippen MR) is 105 cm³/mol. The Hall–Kier alpha value is -1.58. The van der Waals surface area contributed by atoms with E-state index in [0.29, 0.717) is 16.2 Å². The minimum absolute atomic E-state index is 0.291. The van der Waals surface area contributed by atoms with E-state index in [4.69, 9.17) is 23.8 Å². The molecule has 122 valence electrons. The van der Waals surface area contributed by atoms with Crippen LogP contribution in [0.2, 0.25) is 5.02 Å². The van der Waals surface area contributed by atoms with Crippen LogP contribution in [0.4, 0.5) is 5.69 Å². The lowest BCUT2D eigenvalue weighted by Crippen LogP contribution is -2.36. The number of thiocarbonyl (C=S) groups is 1. The van der Waals surface area contributed by atoms with Gasteiger partial charge >= 0.3 is 0 Å². The van der Waals surface area contributed by atoms with E-state index < -0.39 is 0 Å². The molecule has 0 unspecified atom stereocenters. The second-order valence-corrected chi connectivity index (χ2v) is 6.78. The zero-order chi connectivity index (χ0) is 16.8. The molecule has 0 bridgehead atoms. The summed E-state index contributed by atoms with van der Waals surface area (Å²) in [5, 5.41) is 7.86. The zero-order valence-electron chi connectivity index (χ0n) is 13.8. The van der Waals surface area contributed by atoms with Gasteiger partial charge in [0.2, 0.25) is 0 Å². The van der Waals surface area contributed by atoms with Crippen molar-refractivity contribution in [1.82, 2.24) is 5.32 Å². The number of hydrogen-bond acceptors (Lipinski definition) is 1. The maximum absolute atomic E-state index is 6.31. The molecule has 2 nitrogen and oxygen atoms in total. The third-order valence-electron chi connectivity index (χ3n) is 3.76. The summed E-state index contributed by atoms with van der Waals surface area (Å²) in [6.07, 6.45) is 2.05.